The maximum Gasteiger partial charge on any atom is 0.185 e. The van der Waals surface area contributed by atoms with E-state index in [0.717, 1.165) is 25.7 Å². The van der Waals surface area contributed by atoms with Crippen LogP contribution in [0.3, 0.4) is 0 Å². The molecule has 0 unspecified atom stereocenters. The zero-order valence-corrected chi connectivity index (χ0v) is 16.2. The van der Waals surface area contributed by atoms with E-state index >= 15 is 0 Å². The Morgan fingerprint density at radius 3 is 1.27 bits per heavy atom. The molecule has 0 aromatic carbocycles. The Hall–Kier alpha value is -1.68. The SMILES string of the molecule is CC(C)(CCOCCOCCC(C)(C)CC1N=NN=N1)CC1N=NN=N1. The van der Waals surface area contributed by atoms with Crippen LogP contribution in [0.1, 0.15) is 53.4 Å². The molecule has 10 nitrogen and oxygen atoms in total. The summed E-state index contributed by atoms with van der Waals surface area (Å²) in [4.78, 5) is 0. The minimum absolute atomic E-state index is 0.0901. The molecule has 0 aliphatic carbocycles. The Morgan fingerprint density at radius 1 is 0.577 bits per heavy atom. The Bertz CT molecular complexity index is 472. The number of nitrogens with zero attached hydrogens (tertiary/aromatic N) is 8. The highest BCUT2D eigenvalue weighted by atomic mass is 16.5. The van der Waals surface area contributed by atoms with Crippen molar-refractivity contribution in [1.82, 2.24) is 0 Å². The van der Waals surface area contributed by atoms with Crippen LogP contribution in [0.5, 0.6) is 0 Å². The van der Waals surface area contributed by atoms with Gasteiger partial charge in [0.1, 0.15) is 0 Å². The van der Waals surface area contributed by atoms with Crippen LogP contribution in [0.4, 0.5) is 0 Å². The monoisotopic (exact) mass is 366 g/mol. The van der Waals surface area contributed by atoms with Crippen molar-refractivity contribution < 1.29 is 9.47 Å². The van der Waals surface area contributed by atoms with Crippen LogP contribution in [-0.2, 0) is 9.47 Å². The average Bonchev–Trinajstić information content (AvgIpc) is 3.23. The van der Waals surface area contributed by atoms with Crippen molar-refractivity contribution in [3.63, 3.8) is 0 Å². The van der Waals surface area contributed by atoms with Gasteiger partial charge in [-0.05, 0) is 57.4 Å². The van der Waals surface area contributed by atoms with Crippen LogP contribution in [-0.4, -0.2) is 38.8 Å². The van der Waals surface area contributed by atoms with Gasteiger partial charge in [-0.3, -0.25) is 0 Å². The van der Waals surface area contributed by atoms with Crippen molar-refractivity contribution in [3.05, 3.63) is 0 Å². The first-order valence-electron chi connectivity index (χ1n) is 9.12. The number of hydrogen-bond donors (Lipinski definition) is 0. The van der Waals surface area contributed by atoms with Crippen LogP contribution in [0.25, 0.3) is 0 Å². The quantitative estimate of drug-likeness (QED) is 0.429. The topological polar surface area (TPSA) is 117 Å². The van der Waals surface area contributed by atoms with E-state index in [2.05, 4.69) is 69.0 Å². The van der Waals surface area contributed by atoms with Gasteiger partial charge in [0.15, 0.2) is 12.3 Å². The summed E-state index contributed by atoms with van der Waals surface area (Å²) >= 11 is 0. The average molecular weight is 366 g/mol. The number of hydrogen-bond acceptors (Lipinski definition) is 10. The van der Waals surface area contributed by atoms with E-state index < -0.39 is 0 Å². The zero-order chi connectivity index (χ0) is 18.9. The second kappa shape index (κ2) is 9.86. The van der Waals surface area contributed by atoms with Gasteiger partial charge in [0.05, 0.1) is 13.2 Å². The number of rotatable bonds is 13. The lowest BCUT2D eigenvalue weighted by molar-refractivity contribution is 0.0266. The molecule has 0 fully saturated rings. The molecule has 0 radical (unpaired) electrons. The molecule has 0 spiro atoms. The Kier molecular flexibility index (Phi) is 7.83. The van der Waals surface area contributed by atoms with E-state index in [1.54, 1.807) is 0 Å². The van der Waals surface area contributed by atoms with Crippen molar-refractivity contribution in [2.24, 2.45) is 52.2 Å². The summed E-state index contributed by atoms with van der Waals surface area (Å²) in [5.41, 5.74) is 0.180. The van der Waals surface area contributed by atoms with Gasteiger partial charge >= 0.3 is 0 Å². The summed E-state index contributed by atoms with van der Waals surface area (Å²) in [6.45, 7) is 11.3. The zero-order valence-electron chi connectivity index (χ0n) is 16.2. The third-order valence-corrected chi connectivity index (χ3v) is 4.51. The smallest absolute Gasteiger partial charge is 0.185 e. The Morgan fingerprint density at radius 2 is 0.923 bits per heavy atom. The maximum absolute atomic E-state index is 5.69. The van der Waals surface area contributed by atoms with Gasteiger partial charge in [-0.1, -0.05) is 27.7 Å². The summed E-state index contributed by atoms with van der Waals surface area (Å²) < 4.78 is 11.4. The molecule has 0 aromatic heterocycles. The first-order chi connectivity index (χ1) is 12.4. The fraction of sp³-hybridized carbons (Fsp3) is 1.00. The predicted molar refractivity (Wildman–Crippen MR) is 94.7 cm³/mol. The summed E-state index contributed by atoms with van der Waals surface area (Å²) in [6.07, 6.45) is 3.26. The van der Waals surface area contributed by atoms with E-state index in [9.17, 15) is 0 Å². The lowest BCUT2D eigenvalue weighted by Crippen LogP contribution is -2.21. The largest absolute Gasteiger partial charge is 0.379 e. The van der Waals surface area contributed by atoms with Gasteiger partial charge in [0.25, 0.3) is 0 Å². The molecular formula is C16H30N8O2. The number of ether oxygens (including phenoxy) is 2. The third-order valence-electron chi connectivity index (χ3n) is 4.51. The van der Waals surface area contributed by atoms with Crippen molar-refractivity contribution in [1.29, 1.82) is 0 Å². The van der Waals surface area contributed by atoms with E-state index in [4.69, 9.17) is 9.47 Å². The molecule has 2 aliphatic rings. The highest BCUT2D eigenvalue weighted by Crippen LogP contribution is 2.30. The van der Waals surface area contributed by atoms with Crippen LogP contribution in [0.2, 0.25) is 0 Å². The normalized spacial score (nSPS) is 17.8. The van der Waals surface area contributed by atoms with E-state index in [-0.39, 0.29) is 23.2 Å². The summed E-state index contributed by atoms with van der Waals surface area (Å²) in [5, 5.41) is 30.0. The lowest BCUT2D eigenvalue weighted by atomic mass is 9.85. The van der Waals surface area contributed by atoms with Crippen molar-refractivity contribution >= 4 is 0 Å². The van der Waals surface area contributed by atoms with Crippen LogP contribution in [0, 0.1) is 10.8 Å². The Labute approximate surface area is 154 Å². The molecule has 2 aliphatic heterocycles. The molecule has 0 saturated carbocycles. The Balaban J connectivity index is 1.46. The lowest BCUT2D eigenvalue weighted by Gasteiger charge is -2.25. The molecule has 0 saturated heterocycles. The second-order valence-electron chi connectivity index (χ2n) is 8.24. The standard InChI is InChI=1S/C16H30N8O2/c1-15(2,11-13-17-21-22-18-13)5-7-25-9-10-26-8-6-16(3,4)12-14-19-23-24-20-14/h13-14H,5-12H2,1-4H3. The van der Waals surface area contributed by atoms with Crippen LogP contribution >= 0.6 is 0 Å². The van der Waals surface area contributed by atoms with Crippen molar-refractivity contribution in [2.75, 3.05) is 26.4 Å². The molecular weight excluding hydrogens is 336 g/mol. The minimum atomic E-state index is -0.135. The minimum Gasteiger partial charge on any atom is -0.379 e. The van der Waals surface area contributed by atoms with E-state index in [1.165, 1.54) is 0 Å². The van der Waals surface area contributed by atoms with Crippen molar-refractivity contribution in [2.45, 2.75) is 65.7 Å². The van der Waals surface area contributed by atoms with E-state index in [1.807, 2.05) is 0 Å². The highest BCUT2D eigenvalue weighted by molar-refractivity contribution is 4.77. The molecule has 2 rings (SSSR count). The molecule has 0 N–H and O–H groups in total. The van der Waals surface area contributed by atoms with Gasteiger partial charge in [-0.15, -0.1) is 20.5 Å². The van der Waals surface area contributed by atoms with Gasteiger partial charge in [0.2, 0.25) is 0 Å². The molecule has 0 amide bonds. The fourth-order valence-electron chi connectivity index (χ4n) is 2.75. The summed E-state index contributed by atoms with van der Waals surface area (Å²) in [5.74, 6) is 0. The molecule has 0 aromatic rings. The predicted octanol–water partition coefficient (Wildman–Crippen LogP) is 4.95. The molecule has 10 heteroatoms. The van der Waals surface area contributed by atoms with Crippen LogP contribution < -0.4 is 0 Å². The molecule has 0 atom stereocenters. The molecule has 0 bridgehead atoms. The van der Waals surface area contributed by atoms with Gasteiger partial charge in [-0.2, -0.15) is 0 Å². The molecule has 2 heterocycles. The van der Waals surface area contributed by atoms with E-state index in [0.29, 0.717) is 26.4 Å². The second-order valence-corrected chi connectivity index (χ2v) is 8.24. The van der Waals surface area contributed by atoms with Gasteiger partial charge < -0.3 is 9.47 Å². The summed E-state index contributed by atoms with van der Waals surface area (Å²) in [6, 6.07) is 0. The van der Waals surface area contributed by atoms with Crippen LogP contribution in [0.15, 0.2) is 41.4 Å². The first-order valence-corrected chi connectivity index (χ1v) is 9.12. The first kappa shape index (κ1) is 20.6. The maximum atomic E-state index is 5.69. The molecule has 26 heavy (non-hydrogen) atoms. The van der Waals surface area contributed by atoms with Crippen molar-refractivity contribution in [3.8, 4) is 0 Å². The summed E-state index contributed by atoms with van der Waals surface area (Å²) in [7, 11) is 0. The van der Waals surface area contributed by atoms with Gasteiger partial charge in [0, 0.05) is 13.2 Å². The highest BCUT2D eigenvalue weighted by Gasteiger charge is 2.25. The third kappa shape index (κ3) is 8.13. The van der Waals surface area contributed by atoms with Gasteiger partial charge in [-0.25, -0.2) is 0 Å². The fourth-order valence-corrected chi connectivity index (χ4v) is 2.75. The molecule has 146 valence electrons.